The van der Waals surface area contributed by atoms with E-state index in [2.05, 4.69) is 0 Å². The number of ether oxygens (including phenoxy) is 3. The van der Waals surface area contributed by atoms with Crippen molar-refractivity contribution in [3.8, 4) is 0 Å². The fourth-order valence-electron chi connectivity index (χ4n) is 3.16. The maximum absolute atomic E-state index is 11.7. The van der Waals surface area contributed by atoms with Crippen LogP contribution in [0.5, 0.6) is 0 Å². The largest absolute Gasteiger partial charge is 0.465 e. The van der Waals surface area contributed by atoms with Gasteiger partial charge >= 0.3 is 5.97 Å². The molecular formula is C12H18O4. The number of carbonyl (C=O) groups is 1. The van der Waals surface area contributed by atoms with Crippen molar-refractivity contribution in [2.75, 3.05) is 19.8 Å². The molecule has 3 aliphatic rings. The van der Waals surface area contributed by atoms with Crippen molar-refractivity contribution in [1.29, 1.82) is 0 Å². The molecule has 1 spiro atoms. The van der Waals surface area contributed by atoms with Gasteiger partial charge in [0.15, 0.2) is 6.29 Å². The van der Waals surface area contributed by atoms with Crippen LogP contribution in [0.3, 0.4) is 0 Å². The Bertz CT molecular complexity index is 275. The third-order valence-corrected chi connectivity index (χ3v) is 4.27. The molecule has 4 heteroatoms. The molecule has 0 amide bonds. The van der Waals surface area contributed by atoms with Gasteiger partial charge in [-0.3, -0.25) is 4.79 Å². The first-order valence-electron chi connectivity index (χ1n) is 6.21. The molecular weight excluding hydrogens is 208 g/mol. The van der Waals surface area contributed by atoms with Crippen LogP contribution < -0.4 is 0 Å². The number of esters is 1. The standard InChI is InChI=1S/C12H18O4/c13-11-12(5-6-16-11)3-1-9(2-4-12)10-14-7-8-15-10/h9-10H,1-8H2. The SMILES string of the molecule is O=C1OCCC12CCC(C1OCCO1)CC2. The summed E-state index contributed by atoms with van der Waals surface area (Å²) in [6.45, 7) is 2.04. The summed E-state index contributed by atoms with van der Waals surface area (Å²) in [7, 11) is 0. The average molecular weight is 226 g/mol. The monoisotopic (exact) mass is 226 g/mol. The van der Waals surface area contributed by atoms with Crippen molar-refractivity contribution < 1.29 is 19.0 Å². The maximum atomic E-state index is 11.7. The summed E-state index contributed by atoms with van der Waals surface area (Å²) in [6, 6.07) is 0. The fourth-order valence-corrected chi connectivity index (χ4v) is 3.16. The van der Waals surface area contributed by atoms with Crippen LogP contribution in [0, 0.1) is 11.3 Å². The van der Waals surface area contributed by atoms with Crippen LogP contribution in [-0.4, -0.2) is 32.1 Å². The third kappa shape index (κ3) is 1.64. The summed E-state index contributed by atoms with van der Waals surface area (Å²) in [5.74, 6) is 0.501. The Labute approximate surface area is 95.2 Å². The maximum Gasteiger partial charge on any atom is 0.312 e. The highest BCUT2D eigenvalue weighted by molar-refractivity contribution is 5.78. The molecule has 1 aliphatic carbocycles. The second-order valence-corrected chi connectivity index (χ2v) is 5.11. The first-order chi connectivity index (χ1) is 7.80. The minimum absolute atomic E-state index is 0.0187. The molecule has 0 aromatic heterocycles. The molecule has 2 heterocycles. The molecule has 3 fully saturated rings. The minimum atomic E-state index is -0.158. The van der Waals surface area contributed by atoms with Gasteiger partial charge in [-0.2, -0.15) is 0 Å². The van der Waals surface area contributed by atoms with E-state index >= 15 is 0 Å². The molecule has 2 aliphatic heterocycles. The number of hydrogen-bond acceptors (Lipinski definition) is 4. The molecule has 0 aromatic carbocycles. The van der Waals surface area contributed by atoms with Gasteiger partial charge in [-0.05, 0) is 32.1 Å². The highest BCUT2D eigenvalue weighted by Gasteiger charge is 2.48. The van der Waals surface area contributed by atoms with Gasteiger partial charge in [0.2, 0.25) is 0 Å². The Hall–Kier alpha value is -0.610. The van der Waals surface area contributed by atoms with Crippen LogP contribution in [-0.2, 0) is 19.0 Å². The summed E-state index contributed by atoms with van der Waals surface area (Å²) in [5.41, 5.74) is -0.158. The van der Waals surface area contributed by atoms with Gasteiger partial charge in [0.05, 0.1) is 25.2 Å². The van der Waals surface area contributed by atoms with E-state index in [0.29, 0.717) is 25.7 Å². The Morgan fingerprint density at radius 3 is 2.25 bits per heavy atom. The number of hydrogen-bond donors (Lipinski definition) is 0. The first-order valence-corrected chi connectivity index (χ1v) is 6.21. The minimum Gasteiger partial charge on any atom is -0.465 e. The third-order valence-electron chi connectivity index (χ3n) is 4.27. The topological polar surface area (TPSA) is 44.8 Å². The van der Waals surface area contributed by atoms with Gasteiger partial charge in [-0.25, -0.2) is 0 Å². The van der Waals surface area contributed by atoms with Crippen molar-refractivity contribution in [2.45, 2.75) is 38.4 Å². The number of rotatable bonds is 1. The summed E-state index contributed by atoms with van der Waals surface area (Å²) in [4.78, 5) is 11.7. The lowest BCUT2D eigenvalue weighted by atomic mass is 9.69. The molecule has 0 radical (unpaired) electrons. The van der Waals surface area contributed by atoms with E-state index in [4.69, 9.17) is 14.2 Å². The molecule has 0 N–H and O–H groups in total. The van der Waals surface area contributed by atoms with E-state index in [1.807, 2.05) is 0 Å². The molecule has 0 bridgehead atoms. The van der Waals surface area contributed by atoms with Gasteiger partial charge in [0.1, 0.15) is 0 Å². The zero-order valence-electron chi connectivity index (χ0n) is 9.44. The smallest absolute Gasteiger partial charge is 0.312 e. The van der Waals surface area contributed by atoms with E-state index in [-0.39, 0.29) is 17.7 Å². The average Bonchev–Trinajstić information content (AvgIpc) is 2.92. The van der Waals surface area contributed by atoms with Crippen molar-refractivity contribution in [3.05, 3.63) is 0 Å². The Morgan fingerprint density at radius 2 is 1.69 bits per heavy atom. The van der Waals surface area contributed by atoms with Crippen LogP contribution in [0.25, 0.3) is 0 Å². The second-order valence-electron chi connectivity index (χ2n) is 5.11. The van der Waals surface area contributed by atoms with Gasteiger partial charge < -0.3 is 14.2 Å². The summed E-state index contributed by atoms with van der Waals surface area (Å²) in [5, 5.41) is 0. The van der Waals surface area contributed by atoms with Crippen LogP contribution in [0.1, 0.15) is 32.1 Å². The Morgan fingerprint density at radius 1 is 1.00 bits per heavy atom. The van der Waals surface area contributed by atoms with Gasteiger partial charge in [-0.15, -0.1) is 0 Å². The molecule has 16 heavy (non-hydrogen) atoms. The lowest BCUT2D eigenvalue weighted by molar-refractivity contribution is -0.151. The Balaban J connectivity index is 1.61. The van der Waals surface area contributed by atoms with Crippen molar-refractivity contribution in [3.63, 3.8) is 0 Å². The van der Waals surface area contributed by atoms with Gasteiger partial charge in [0.25, 0.3) is 0 Å². The van der Waals surface area contributed by atoms with Crippen LogP contribution in [0.4, 0.5) is 0 Å². The van der Waals surface area contributed by atoms with Gasteiger partial charge in [-0.1, -0.05) is 0 Å². The van der Waals surface area contributed by atoms with Crippen LogP contribution in [0.2, 0.25) is 0 Å². The molecule has 0 aromatic rings. The lowest BCUT2D eigenvalue weighted by Crippen LogP contribution is -2.35. The van der Waals surface area contributed by atoms with Gasteiger partial charge in [0, 0.05) is 5.92 Å². The molecule has 1 saturated carbocycles. The number of cyclic esters (lactones) is 1. The van der Waals surface area contributed by atoms with Crippen molar-refractivity contribution in [2.24, 2.45) is 11.3 Å². The van der Waals surface area contributed by atoms with Crippen LogP contribution >= 0.6 is 0 Å². The molecule has 90 valence electrons. The highest BCUT2D eigenvalue weighted by Crippen LogP contribution is 2.46. The van der Waals surface area contributed by atoms with Crippen LogP contribution in [0.15, 0.2) is 0 Å². The fraction of sp³-hybridized carbons (Fsp3) is 0.917. The predicted octanol–water partition coefficient (Wildman–Crippen LogP) is 1.48. The molecule has 0 atom stereocenters. The second kappa shape index (κ2) is 4.00. The first kappa shape index (κ1) is 10.5. The summed E-state index contributed by atoms with van der Waals surface area (Å²) in [6.07, 6.45) is 4.83. The van der Waals surface area contributed by atoms with E-state index in [9.17, 15) is 4.79 Å². The molecule has 4 nitrogen and oxygen atoms in total. The van der Waals surface area contributed by atoms with E-state index in [1.165, 1.54) is 0 Å². The van der Waals surface area contributed by atoms with E-state index in [1.54, 1.807) is 0 Å². The zero-order chi connectivity index (χ0) is 11.0. The highest BCUT2D eigenvalue weighted by atomic mass is 16.7. The van der Waals surface area contributed by atoms with E-state index < -0.39 is 0 Å². The molecule has 0 unspecified atom stereocenters. The quantitative estimate of drug-likeness (QED) is 0.635. The van der Waals surface area contributed by atoms with Crippen molar-refractivity contribution >= 4 is 5.97 Å². The van der Waals surface area contributed by atoms with Crippen molar-refractivity contribution in [1.82, 2.24) is 0 Å². The summed E-state index contributed by atoms with van der Waals surface area (Å²) >= 11 is 0. The molecule has 2 saturated heterocycles. The molecule has 3 rings (SSSR count). The predicted molar refractivity (Wildman–Crippen MR) is 55.7 cm³/mol. The lowest BCUT2D eigenvalue weighted by Gasteiger charge is -2.35. The zero-order valence-corrected chi connectivity index (χ0v) is 9.44. The Kier molecular flexibility index (Phi) is 2.64. The van der Waals surface area contributed by atoms with E-state index in [0.717, 1.165) is 32.1 Å². The normalized spacial score (nSPS) is 40.5. The number of carbonyl (C=O) groups excluding carboxylic acids is 1. The summed E-state index contributed by atoms with van der Waals surface area (Å²) < 4.78 is 16.2.